The Hall–Kier alpha value is 0.177. The Morgan fingerprint density at radius 1 is 1.30 bits per heavy atom. The van der Waals surface area contributed by atoms with E-state index in [0.29, 0.717) is 0 Å². The van der Waals surface area contributed by atoms with Crippen molar-refractivity contribution >= 4 is 8.07 Å². The minimum atomic E-state index is -0.831. The van der Waals surface area contributed by atoms with Crippen LogP contribution in [0.5, 0.6) is 0 Å². The fourth-order valence-electron chi connectivity index (χ4n) is 1.73. The van der Waals surface area contributed by atoms with E-state index in [4.69, 9.17) is 5.11 Å². The van der Waals surface area contributed by atoms with Crippen LogP contribution in [-0.4, -0.2) is 19.3 Å². The largest absolute Gasteiger partial charge is 0.393 e. The number of aliphatic hydroxyl groups is 1. The van der Waals surface area contributed by atoms with Gasteiger partial charge in [-0.25, -0.2) is 0 Å². The van der Waals surface area contributed by atoms with Crippen LogP contribution in [0.3, 0.4) is 0 Å². The highest BCUT2D eigenvalue weighted by atomic mass is 28.3. The van der Waals surface area contributed by atoms with E-state index in [1.807, 2.05) is 0 Å². The molecule has 0 radical (unpaired) electrons. The van der Waals surface area contributed by atoms with Gasteiger partial charge in [0.2, 0.25) is 0 Å². The molecule has 1 saturated carbocycles. The summed E-state index contributed by atoms with van der Waals surface area (Å²) in [5.41, 5.74) is 0. The lowest BCUT2D eigenvalue weighted by Gasteiger charge is -2.35. The molecule has 60 valence electrons. The summed E-state index contributed by atoms with van der Waals surface area (Å²) in [6, 6.07) is 1.41. The Bertz CT molecular complexity index is 111. The second-order valence-electron chi connectivity index (χ2n) is 4.76. The van der Waals surface area contributed by atoms with Crippen LogP contribution < -0.4 is 0 Å². The molecule has 1 aliphatic carbocycles. The smallest absolute Gasteiger partial charge is 0.0545 e. The van der Waals surface area contributed by atoms with Gasteiger partial charge in [-0.3, -0.25) is 0 Å². The van der Waals surface area contributed by atoms with E-state index in [2.05, 4.69) is 19.6 Å². The molecule has 1 rings (SSSR count). The van der Waals surface area contributed by atoms with Gasteiger partial charge in [-0.2, -0.15) is 0 Å². The molecule has 0 aromatic heterocycles. The van der Waals surface area contributed by atoms with Gasteiger partial charge in [-0.1, -0.05) is 25.7 Å². The number of hydrogen-bond donors (Lipinski definition) is 1. The van der Waals surface area contributed by atoms with Crippen molar-refractivity contribution < 1.29 is 5.11 Å². The molecule has 0 spiro atoms. The lowest BCUT2D eigenvalue weighted by Crippen LogP contribution is -2.34. The van der Waals surface area contributed by atoms with E-state index in [1.165, 1.54) is 6.04 Å². The Balaban J connectivity index is 2.16. The summed E-state index contributed by atoms with van der Waals surface area (Å²) in [6.07, 6.45) is 2.19. The zero-order valence-corrected chi connectivity index (χ0v) is 8.22. The highest BCUT2D eigenvalue weighted by Gasteiger charge is 2.30. The summed E-state index contributed by atoms with van der Waals surface area (Å²) < 4.78 is 0. The first-order chi connectivity index (χ1) is 4.47. The molecule has 0 aliphatic heterocycles. The molecule has 0 unspecified atom stereocenters. The van der Waals surface area contributed by atoms with Gasteiger partial charge >= 0.3 is 0 Å². The van der Waals surface area contributed by atoms with Crippen LogP contribution in [0.25, 0.3) is 0 Å². The Morgan fingerprint density at radius 3 is 2.10 bits per heavy atom. The van der Waals surface area contributed by atoms with Crippen molar-refractivity contribution in [3.05, 3.63) is 0 Å². The van der Waals surface area contributed by atoms with E-state index in [1.54, 1.807) is 0 Å². The monoisotopic (exact) mass is 158 g/mol. The molecule has 0 heterocycles. The predicted octanol–water partition coefficient (Wildman–Crippen LogP) is 2.10. The molecule has 0 atom stereocenters. The van der Waals surface area contributed by atoms with Gasteiger partial charge in [0.1, 0.15) is 0 Å². The van der Waals surface area contributed by atoms with Crippen molar-refractivity contribution in [3.63, 3.8) is 0 Å². The molecule has 0 saturated heterocycles. The normalized spacial score (nSPS) is 33.6. The second kappa shape index (κ2) is 2.66. The molecule has 1 aliphatic rings. The quantitative estimate of drug-likeness (QED) is 0.610. The first kappa shape index (κ1) is 8.28. The Labute approximate surface area is 64.5 Å². The van der Waals surface area contributed by atoms with Crippen molar-refractivity contribution in [2.45, 2.75) is 44.6 Å². The maximum atomic E-state index is 9.03. The molecule has 0 bridgehead atoms. The molecule has 10 heavy (non-hydrogen) atoms. The third kappa shape index (κ3) is 2.43. The van der Waals surface area contributed by atoms with Crippen molar-refractivity contribution in [2.75, 3.05) is 0 Å². The van der Waals surface area contributed by atoms with E-state index < -0.39 is 8.07 Å². The zero-order valence-electron chi connectivity index (χ0n) is 7.22. The summed E-state index contributed by atoms with van der Waals surface area (Å²) in [4.78, 5) is 0. The first-order valence-electron chi connectivity index (χ1n) is 4.15. The lowest BCUT2D eigenvalue weighted by molar-refractivity contribution is 0.0507. The average Bonchev–Trinajstić information content (AvgIpc) is 1.57. The number of aliphatic hydroxyl groups excluding tert-OH is 1. The van der Waals surface area contributed by atoms with E-state index >= 15 is 0 Å². The minimum Gasteiger partial charge on any atom is -0.393 e. The van der Waals surface area contributed by atoms with Gasteiger partial charge < -0.3 is 5.11 Å². The minimum absolute atomic E-state index is 0.0429. The van der Waals surface area contributed by atoms with Gasteiger partial charge in [0, 0.05) is 8.07 Å². The molecule has 1 nitrogen and oxygen atoms in total. The van der Waals surface area contributed by atoms with E-state index in [0.717, 1.165) is 18.8 Å². The highest BCUT2D eigenvalue weighted by molar-refractivity contribution is 6.76. The second-order valence-corrected chi connectivity index (χ2v) is 10.3. The molecular weight excluding hydrogens is 140 g/mol. The first-order valence-corrected chi connectivity index (χ1v) is 7.86. The molecule has 1 fully saturated rings. The van der Waals surface area contributed by atoms with Crippen molar-refractivity contribution in [1.29, 1.82) is 0 Å². The van der Waals surface area contributed by atoms with Crippen molar-refractivity contribution in [3.8, 4) is 0 Å². The molecule has 0 aromatic carbocycles. The highest BCUT2D eigenvalue weighted by Crippen LogP contribution is 2.34. The molecule has 0 aromatic rings. The van der Waals surface area contributed by atoms with Gasteiger partial charge in [-0.05, 0) is 18.8 Å². The summed E-state index contributed by atoms with van der Waals surface area (Å²) in [5, 5.41) is 9.03. The SMILES string of the molecule is C[Si](C)(C)CC1CC(O)C1. The number of rotatable bonds is 2. The molecular formula is C8H18OSi. The van der Waals surface area contributed by atoms with Gasteiger partial charge in [0.15, 0.2) is 0 Å². The van der Waals surface area contributed by atoms with Crippen LogP contribution in [0, 0.1) is 5.92 Å². The maximum absolute atomic E-state index is 9.03. The Morgan fingerprint density at radius 2 is 1.80 bits per heavy atom. The molecule has 0 amide bonds. The maximum Gasteiger partial charge on any atom is 0.0545 e. The summed E-state index contributed by atoms with van der Waals surface area (Å²) in [6.45, 7) is 7.20. The van der Waals surface area contributed by atoms with Gasteiger partial charge in [0.05, 0.1) is 6.10 Å². The Kier molecular flexibility index (Phi) is 2.20. The van der Waals surface area contributed by atoms with E-state index in [-0.39, 0.29) is 6.10 Å². The van der Waals surface area contributed by atoms with Crippen LogP contribution in [0.1, 0.15) is 12.8 Å². The third-order valence-electron chi connectivity index (χ3n) is 2.11. The zero-order chi connectivity index (χ0) is 7.78. The lowest BCUT2D eigenvalue weighted by atomic mass is 9.84. The van der Waals surface area contributed by atoms with Crippen molar-refractivity contribution in [1.82, 2.24) is 0 Å². The summed E-state index contributed by atoms with van der Waals surface area (Å²) in [5.74, 6) is 0.863. The molecule has 2 heteroatoms. The van der Waals surface area contributed by atoms with Crippen molar-refractivity contribution in [2.24, 2.45) is 5.92 Å². The molecule has 1 N–H and O–H groups in total. The number of hydrogen-bond acceptors (Lipinski definition) is 1. The van der Waals surface area contributed by atoms with Crippen LogP contribution in [-0.2, 0) is 0 Å². The fourth-order valence-corrected chi connectivity index (χ4v) is 3.80. The van der Waals surface area contributed by atoms with E-state index in [9.17, 15) is 0 Å². The summed E-state index contributed by atoms with van der Waals surface area (Å²) in [7, 11) is -0.831. The standard InChI is InChI=1S/C8H18OSi/c1-10(2,3)6-7-4-8(9)5-7/h7-9H,4-6H2,1-3H3. The third-order valence-corrected chi connectivity index (χ3v) is 3.91. The van der Waals surface area contributed by atoms with Crippen LogP contribution in [0.15, 0.2) is 0 Å². The van der Waals surface area contributed by atoms with Crippen LogP contribution >= 0.6 is 0 Å². The topological polar surface area (TPSA) is 20.2 Å². The average molecular weight is 158 g/mol. The summed E-state index contributed by atoms with van der Waals surface area (Å²) >= 11 is 0. The van der Waals surface area contributed by atoms with Crippen LogP contribution in [0.2, 0.25) is 25.7 Å². The van der Waals surface area contributed by atoms with Gasteiger partial charge in [-0.15, -0.1) is 0 Å². The predicted molar refractivity (Wildman–Crippen MR) is 46.9 cm³/mol. The van der Waals surface area contributed by atoms with Crippen LogP contribution in [0.4, 0.5) is 0 Å². The fraction of sp³-hybridized carbons (Fsp3) is 1.00. The van der Waals surface area contributed by atoms with Gasteiger partial charge in [0.25, 0.3) is 0 Å².